The number of aliphatic carboxylic acids is 1. The first-order chi connectivity index (χ1) is 20.2. The predicted octanol–water partition coefficient (Wildman–Crippen LogP) is 4.28. The maximum absolute atomic E-state index is 13.6. The summed E-state index contributed by atoms with van der Waals surface area (Å²) < 4.78 is 11.9. The quantitative estimate of drug-likeness (QED) is 0.382. The van der Waals surface area contributed by atoms with Crippen molar-refractivity contribution in [3.05, 3.63) is 73.7 Å². The van der Waals surface area contributed by atoms with Crippen LogP contribution < -0.4 is 14.3 Å². The van der Waals surface area contributed by atoms with E-state index in [0.717, 1.165) is 37.9 Å². The third-order valence-corrected chi connectivity index (χ3v) is 12.3. The standard InChI is InChI=1S/C31H30N2O7S2/c1-13-6-4-5-7-16(13)12-40-19-9-8-15(10-20(19)39-3)21-22-17-11-18(25(22)41-27-26(21)42-31(38)32-27)24-23(17)28(34)33(29(24)35)14(2)30(36)37/h4-10,14,17-18,21-25H,11-12H2,1-3H3,(H,32,38)(H,36,37)/t14?,17?,18?,21-,22?,23?,24?,25?/m1/s1. The summed E-state index contributed by atoms with van der Waals surface area (Å²) in [5.41, 5.74) is 3.18. The SMILES string of the molecule is COc1cc([C@H]2c3sc(=O)[nH]c3SC3C4CC(C5C(=O)N(C(C)C(=O)O)C(=O)C45)C32)ccc1OCc1ccccc1C. The van der Waals surface area contributed by atoms with Crippen LogP contribution in [0.2, 0.25) is 0 Å². The Morgan fingerprint density at radius 1 is 1.10 bits per heavy atom. The number of aryl methyl sites for hydroxylation is 1. The van der Waals surface area contributed by atoms with Gasteiger partial charge in [-0.05, 0) is 66.8 Å². The number of carboxylic acid groups (broad SMARTS) is 1. The van der Waals surface area contributed by atoms with Crippen LogP contribution in [0.1, 0.15) is 40.8 Å². The van der Waals surface area contributed by atoms with Gasteiger partial charge in [-0.25, -0.2) is 4.79 Å². The van der Waals surface area contributed by atoms with E-state index < -0.39 is 23.8 Å². The lowest BCUT2D eigenvalue weighted by molar-refractivity contribution is -0.154. The van der Waals surface area contributed by atoms with Gasteiger partial charge in [0.25, 0.3) is 0 Å². The molecule has 3 heterocycles. The van der Waals surface area contributed by atoms with E-state index in [1.165, 1.54) is 18.3 Å². The number of thioether (sulfide) groups is 1. The summed E-state index contributed by atoms with van der Waals surface area (Å²) in [5.74, 6) is -2.16. The fourth-order valence-corrected chi connectivity index (χ4v) is 10.7. The number of thiazole rings is 1. The second kappa shape index (κ2) is 10.0. The maximum atomic E-state index is 13.6. The first kappa shape index (κ1) is 27.3. The van der Waals surface area contributed by atoms with Crippen LogP contribution in [0.25, 0.3) is 0 Å². The molecule has 42 heavy (non-hydrogen) atoms. The van der Waals surface area contributed by atoms with Crippen molar-refractivity contribution >= 4 is 40.9 Å². The Bertz CT molecular complexity index is 1680. The average molecular weight is 607 g/mol. The molecule has 2 N–H and O–H groups in total. The molecule has 9 nitrogen and oxygen atoms in total. The number of H-pyrrole nitrogens is 1. The minimum absolute atomic E-state index is 0.000442. The number of aromatic nitrogens is 1. The number of methoxy groups -OCH3 is 1. The highest BCUT2D eigenvalue weighted by Crippen LogP contribution is 2.68. The molecule has 2 bridgehead atoms. The fourth-order valence-electron chi connectivity index (χ4n) is 7.83. The molecule has 0 spiro atoms. The average Bonchev–Trinajstić information content (AvgIpc) is 3.71. The molecule has 8 atom stereocenters. The summed E-state index contributed by atoms with van der Waals surface area (Å²) in [4.78, 5) is 56.2. The Labute approximate surface area is 250 Å². The summed E-state index contributed by atoms with van der Waals surface area (Å²) >= 11 is 2.79. The van der Waals surface area contributed by atoms with Crippen molar-refractivity contribution in [2.24, 2.45) is 29.6 Å². The van der Waals surface area contributed by atoms with Crippen LogP contribution in [0, 0.1) is 36.5 Å². The van der Waals surface area contributed by atoms with Gasteiger partial charge in [0.1, 0.15) is 12.6 Å². The monoisotopic (exact) mass is 606 g/mol. The number of imide groups is 1. The van der Waals surface area contributed by atoms with Gasteiger partial charge >= 0.3 is 10.8 Å². The molecule has 11 heteroatoms. The number of carboxylic acids is 1. The highest BCUT2D eigenvalue weighted by Gasteiger charge is 2.70. The Morgan fingerprint density at radius 3 is 2.55 bits per heavy atom. The molecule has 1 aromatic heterocycles. The van der Waals surface area contributed by atoms with Crippen molar-refractivity contribution in [1.82, 2.24) is 9.88 Å². The molecule has 3 fully saturated rings. The van der Waals surface area contributed by atoms with E-state index in [4.69, 9.17) is 9.47 Å². The molecule has 7 rings (SSSR count). The lowest BCUT2D eigenvalue weighted by Crippen LogP contribution is -2.44. The highest BCUT2D eigenvalue weighted by molar-refractivity contribution is 8.00. The summed E-state index contributed by atoms with van der Waals surface area (Å²) in [6.07, 6.45) is 0.731. The van der Waals surface area contributed by atoms with Gasteiger partial charge in [-0.15, -0.1) is 11.8 Å². The second-order valence-electron chi connectivity index (χ2n) is 11.6. The highest BCUT2D eigenvalue weighted by atomic mass is 32.2. The lowest BCUT2D eigenvalue weighted by Gasteiger charge is -2.43. The number of rotatable bonds is 7. The van der Waals surface area contributed by atoms with Crippen LogP contribution >= 0.6 is 23.1 Å². The minimum atomic E-state index is -1.20. The number of hydrogen-bond donors (Lipinski definition) is 2. The Morgan fingerprint density at radius 2 is 1.83 bits per heavy atom. The van der Waals surface area contributed by atoms with Crippen LogP contribution in [0.3, 0.4) is 0 Å². The van der Waals surface area contributed by atoms with Gasteiger partial charge in [0.15, 0.2) is 11.5 Å². The molecule has 2 aliphatic carbocycles. The molecule has 7 unspecified atom stereocenters. The van der Waals surface area contributed by atoms with Crippen molar-refractivity contribution in [1.29, 1.82) is 0 Å². The molecule has 4 aliphatic rings. The molecular formula is C31H30N2O7S2. The summed E-state index contributed by atoms with van der Waals surface area (Å²) in [6.45, 7) is 3.83. The zero-order valence-corrected chi connectivity index (χ0v) is 24.9. The summed E-state index contributed by atoms with van der Waals surface area (Å²) in [6, 6.07) is 12.7. The van der Waals surface area contributed by atoms with Crippen molar-refractivity contribution in [2.45, 2.75) is 49.1 Å². The Hall–Kier alpha value is -3.57. The van der Waals surface area contributed by atoms with Crippen LogP contribution in [0.15, 0.2) is 52.3 Å². The number of hydrogen-bond acceptors (Lipinski definition) is 8. The molecule has 2 saturated carbocycles. The van der Waals surface area contributed by atoms with Gasteiger partial charge in [-0.2, -0.15) is 0 Å². The minimum Gasteiger partial charge on any atom is -0.493 e. The van der Waals surface area contributed by atoms with E-state index in [9.17, 15) is 24.3 Å². The summed E-state index contributed by atoms with van der Waals surface area (Å²) in [5, 5.41) is 10.4. The maximum Gasteiger partial charge on any atom is 0.326 e. The number of nitrogens with one attached hydrogen (secondary N) is 1. The number of carbonyl (C=O) groups excluding carboxylic acids is 2. The molecule has 0 radical (unpaired) electrons. The zero-order chi connectivity index (χ0) is 29.4. The molecule has 1 saturated heterocycles. The number of ether oxygens (including phenoxy) is 2. The smallest absolute Gasteiger partial charge is 0.326 e. The Kier molecular flexibility index (Phi) is 6.50. The third-order valence-electron chi connectivity index (χ3n) is 9.69. The predicted molar refractivity (Wildman–Crippen MR) is 156 cm³/mol. The van der Waals surface area contributed by atoms with E-state index in [0.29, 0.717) is 18.1 Å². The van der Waals surface area contributed by atoms with Gasteiger partial charge in [0, 0.05) is 16.0 Å². The Balaban J connectivity index is 1.25. The lowest BCUT2D eigenvalue weighted by atomic mass is 9.68. The van der Waals surface area contributed by atoms with Gasteiger partial charge in [0.2, 0.25) is 11.8 Å². The number of nitrogens with zero attached hydrogens (tertiary/aromatic N) is 1. The summed E-state index contributed by atoms with van der Waals surface area (Å²) in [7, 11) is 1.60. The van der Waals surface area contributed by atoms with E-state index in [-0.39, 0.29) is 45.6 Å². The zero-order valence-electron chi connectivity index (χ0n) is 23.2. The largest absolute Gasteiger partial charge is 0.493 e. The fraction of sp³-hybridized carbons (Fsp3) is 0.419. The van der Waals surface area contributed by atoms with Gasteiger partial charge in [0.05, 0.1) is 24.0 Å². The van der Waals surface area contributed by atoms with Gasteiger partial charge in [-0.1, -0.05) is 41.7 Å². The molecule has 2 aromatic carbocycles. The van der Waals surface area contributed by atoms with E-state index >= 15 is 0 Å². The second-order valence-corrected chi connectivity index (χ2v) is 13.8. The topological polar surface area (TPSA) is 126 Å². The molecule has 2 aliphatic heterocycles. The van der Waals surface area contributed by atoms with Gasteiger partial charge in [-0.3, -0.25) is 19.3 Å². The number of benzene rings is 2. The van der Waals surface area contributed by atoms with Crippen molar-refractivity contribution in [3.8, 4) is 11.5 Å². The van der Waals surface area contributed by atoms with Crippen molar-refractivity contribution in [3.63, 3.8) is 0 Å². The number of aromatic amines is 1. The molecule has 3 aromatic rings. The third kappa shape index (κ3) is 3.96. The van der Waals surface area contributed by atoms with Crippen LogP contribution in [-0.2, 0) is 21.0 Å². The number of carbonyl (C=O) groups is 3. The first-order valence-electron chi connectivity index (χ1n) is 14.0. The number of amides is 2. The first-order valence-corrected chi connectivity index (χ1v) is 15.7. The molecule has 2 amide bonds. The van der Waals surface area contributed by atoms with E-state index in [2.05, 4.69) is 4.98 Å². The van der Waals surface area contributed by atoms with E-state index in [1.807, 2.05) is 49.4 Å². The number of fused-ring (bicyclic) bond motifs is 9. The van der Waals surface area contributed by atoms with Crippen LogP contribution in [-0.4, -0.2) is 51.2 Å². The van der Waals surface area contributed by atoms with E-state index in [1.54, 1.807) is 18.9 Å². The number of likely N-dealkylation sites (tertiary alicyclic amines) is 1. The van der Waals surface area contributed by atoms with Crippen molar-refractivity contribution in [2.75, 3.05) is 7.11 Å². The molecule has 218 valence electrons. The van der Waals surface area contributed by atoms with Crippen LogP contribution in [0.5, 0.6) is 11.5 Å². The van der Waals surface area contributed by atoms with Crippen LogP contribution in [0.4, 0.5) is 0 Å². The molecular weight excluding hydrogens is 576 g/mol. The normalized spacial score (nSPS) is 29.7. The van der Waals surface area contributed by atoms with Crippen molar-refractivity contribution < 1.29 is 29.0 Å². The van der Waals surface area contributed by atoms with Gasteiger partial charge < -0.3 is 19.6 Å².